The Morgan fingerprint density at radius 2 is 1.85 bits per heavy atom. The Bertz CT molecular complexity index is 1210. The molecule has 0 aliphatic heterocycles. The fraction of sp³-hybridized carbons (Fsp3) is 0.318. The summed E-state index contributed by atoms with van der Waals surface area (Å²) in [6.07, 6.45) is 0.659. The SMILES string of the molecule is CCC(C)NS(=O)(=O)c1ccc(C(=O)OCc2nc(-c3ccc(OC)cc3OC)no2)cc1. The van der Waals surface area contributed by atoms with Crippen LogP contribution in [0.5, 0.6) is 11.5 Å². The number of rotatable bonds is 10. The van der Waals surface area contributed by atoms with Gasteiger partial charge in [0, 0.05) is 12.1 Å². The predicted octanol–water partition coefficient (Wildman–Crippen LogP) is 3.19. The van der Waals surface area contributed by atoms with Crippen LogP contribution in [0.2, 0.25) is 0 Å². The molecule has 33 heavy (non-hydrogen) atoms. The average molecular weight is 476 g/mol. The van der Waals surface area contributed by atoms with Crippen molar-refractivity contribution in [1.29, 1.82) is 0 Å². The minimum atomic E-state index is -3.66. The minimum absolute atomic E-state index is 0.0642. The maximum atomic E-state index is 12.3. The third-order valence-corrected chi connectivity index (χ3v) is 6.42. The van der Waals surface area contributed by atoms with E-state index in [0.717, 1.165) is 0 Å². The number of nitrogens with zero attached hydrogens (tertiary/aromatic N) is 2. The molecule has 0 spiro atoms. The van der Waals surface area contributed by atoms with Crippen LogP contribution in [0.4, 0.5) is 0 Å². The van der Waals surface area contributed by atoms with E-state index in [1.54, 1.807) is 32.2 Å². The average Bonchev–Trinajstić information content (AvgIpc) is 3.30. The second-order valence-corrected chi connectivity index (χ2v) is 8.82. The molecule has 0 saturated heterocycles. The number of carbonyl (C=O) groups is 1. The van der Waals surface area contributed by atoms with Gasteiger partial charge < -0.3 is 18.7 Å². The van der Waals surface area contributed by atoms with Crippen LogP contribution in [-0.4, -0.2) is 44.8 Å². The van der Waals surface area contributed by atoms with E-state index in [0.29, 0.717) is 23.5 Å². The Morgan fingerprint density at radius 3 is 2.48 bits per heavy atom. The molecule has 0 fully saturated rings. The van der Waals surface area contributed by atoms with Crippen molar-refractivity contribution >= 4 is 16.0 Å². The van der Waals surface area contributed by atoms with Gasteiger partial charge in [-0.25, -0.2) is 17.9 Å². The van der Waals surface area contributed by atoms with E-state index in [9.17, 15) is 13.2 Å². The molecule has 1 N–H and O–H groups in total. The first-order valence-corrected chi connectivity index (χ1v) is 11.6. The Balaban J connectivity index is 1.65. The van der Waals surface area contributed by atoms with Crippen LogP contribution < -0.4 is 14.2 Å². The molecule has 1 atom stereocenters. The Labute approximate surface area is 191 Å². The predicted molar refractivity (Wildman–Crippen MR) is 118 cm³/mol. The van der Waals surface area contributed by atoms with Crippen molar-refractivity contribution in [3.8, 4) is 22.9 Å². The highest BCUT2D eigenvalue weighted by molar-refractivity contribution is 7.89. The van der Waals surface area contributed by atoms with Gasteiger partial charge in [0.2, 0.25) is 15.8 Å². The maximum Gasteiger partial charge on any atom is 0.338 e. The van der Waals surface area contributed by atoms with Crippen LogP contribution in [0.25, 0.3) is 11.4 Å². The summed E-state index contributed by atoms with van der Waals surface area (Å²) in [5, 5.41) is 3.90. The van der Waals surface area contributed by atoms with Gasteiger partial charge in [-0.15, -0.1) is 0 Å². The van der Waals surface area contributed by atoms with Crippen LogP contribution in [0.3, 0.4) is 0 Å². The lowest BCUT2D eigenvalue weighted by Gasteiger charge is -2.12. The summed E-state index contributed by atoms with van der Waals surface area (Å²) >= 11 is 0. The number of methoxy groups -OCH3 is 2. The number of benzene rings is 2. The van der Waals surface area contributed by atoms with Crippen molar-refractivity contribution in [2.75, 3.05) is 14.2 Å². The quantitative estimate of drug-likeness (QED) is 0.439. The van der Waals surface area contributed by atoms with Gasteiger partial charge in [0.15, 0.2) is 6.61 Å². The van der Waals surface area contributed by atoms with Gasteiger partial charge in [0.1, 0.15) is 11.5 Å². The smallest absolute Gasteiger partial charge is 0.338 e. The number of carbonyl (C=O) groups excluding carboxylic acids is 1. The molecular formula is C22H25N3O7S. The van der Waals surface area contributed by atoms with Crippen molar-refractivity contribution < 1.29 is 31.9 Å². The zero-order valence-electron chi connectivity index (χ0n) is 18.7. The first-order chi connectivity index (χ1) is 15.8. The number of hydrogen-bond acceptors (Lipinski definition) is 9. The molecular weight excluding hydrogens is 450 g/mol. The first-order valence-electron chi connectivity index (χ1n) is 10.1. The molecule has 1 aromatic heterocycles. The summed E-state index contributed by atoms with van der Waals surface area (Å²) in [7, 11) is -0.598. The lowest BCUT2D eigenvalue weighted by Crippen LogP contribution is -2.32. The third kappa shape index (κ3) is 5.88. The number of hydrogen-bond donors (Lipinski definition) is 1. The Hall–Kier alpha value is -3.44. The molecule has 3 aromatic rings. The maximum absolute atomic E-state index is 12.3. The van der Waals surface area contributed by atoms with Gasteiger partial charge >= 0.3 is 5.97 Å². The zero-order valence-corrected chi connectivity index (χ0v) is 19.5. The van der Waals surface area contributed by atoms with Crippen molar-refractivity contribution in [1.82, 2.24) is 14.9 Å². The van der Waals surface area contributed by atoms with E-state index in [2.05, 4.69) is 14.9 Å². The van der Waals surface area contributed by atoms with Crippen molar-refractivity contribution in [3.63, 3.8) is 0 Å². The monoisotopic (exact) mass is 475 g/mol. The molecule has 176 valence electrons. The van der Waals surface area contributed by atoms with Gasteiger partial charge in [0.05, 0.1) is 30.2 Å². The second-order valence-electron chi connectivity index (χ2n) is 7.11. The van der Waals surface area contributed by atoms with E-state index in [-0.39, 0.29) is 34.8 Å². The zero-order chi connectivity index (χ0) is 24.0. The number of sulfonamides is 1. The summed E-state index contributed by atoms with van der Waals surface area (Å²) in [4.78, 5) is 16.6. The molecule has 11 heteroatoms. The molecule has 2 aromatic carbocycles. The highest BCUT2D eigenvalue weighted by Crippen LogP contribution is 2.31. The first kappa shape index (κ1) is 24.2. The molecule has 0 amide bonds. The second kappa shape index (κ2) is 10.5. The van der Waals surface area contributed by atoms with Gasteiger partial charge in [0.25, 0.3) is 5.89 Å². The topological polar surface area (TPSA) is 130 Å². The van der Waals surface area contributed by atoms with E-state index in [1.165, 1.54) is 31.4 Å². The molecule has 0 aliphatic carbocycles. The lowest BCUT2D eigenvalue weighted by atomic mass is 10.2. The van der Waals surface area contributed by atoms with E-state index < -0.39 is 16.0 Å². The molecule has 0 bridgehead atoms. The van der Waals surface area contributed by atoms with E-state index >= 15 is 0 Å². The van der Waals surface area contributed by atoms with Crippen LogP contribution in [0, 0.1) is 0 Å². The summed E-state index contributed by atoms with van der Waals surface area (Å²) in [5.74, 6) is 0.812. The van der Waals surface area contributed by atoms with Crippen LogP contribution in [0.1, 0.15) is 36.5 Å². The van der Waals surface area contributed by atoms with E-state index in [1.807, 2.05) is 6.92 Å². The number of ether oxygens (including phenoxy) is 3. The summed E-state index contributed by atoms with van der Waals surface area (Å²) in [6.45, 7) is 3.41. The van der Waals surface area contributed by atoms with Crippen LogP contribution >= 0.6 is 0 Å². The molecule has 0 saturated carbocycles. The molecule has 3 rings (SSSR count). The van der Waals surface area contributed by atoms with Gasteiger partial charge in [-0.3, -0.25) is 0 Å². The standard InChI is InChI=1S/C22H25N3O7S/c1-5-14(2)25-33(27,28)17-9-6-15(7-10-17)22(26)31-13-20-23-21(24-32-20)18-11-8-16(29-3)12-19(18)30-4/h6-12,14,25H,5,13H2,1-4H3. The van der Waals surface area contributed by atoms with Gasteiger partial charge in [-0.2, -0.15) is 4.98 Å². The largest absolute Gasteiger partial charge is 0.497 e. The summed E-state index contributed by atoms with van der Waals surface area (Å²) < 4.78 is 48.1. The molecule has 1 heterocycles. The highest BCUT2D eigenvalue weighted by atomic mass is 32.2. The molecule has 1 unspecified atom stereocenters. The number of nitrogens with one attached hydrogen (secondary N) is 1. The molecule has 10 nitrogen and oxygen atoms in total. The highest BCUT2D eigenvalue weighted by Gasteiger charge is 2.19. The van der Waals surface area contributed by atoms with Crippen molar-refractivity contribution in [2.24, 2.45) is 0 Å². The third-order valence-electron chi connectivity index (χ3n) is 4.81. The Morgan fingerprint density at radius 1 is 1.12 bits per heavy atom. The summed E-state index contributed by atoms with van der Waals surface area (Å²) in [6, 6.07) is 10.4. The number of aromatic nitrogens is 2. The lowest BCUT2D eigenvalue weighted by molar-refractivity contribution is 0.0429. The summed E-state index contributed by atoms with van der Waals surface area (Å²) in [5.41, 5.74) is 0.775. The van der Waals surface area contributed by atoms with Gasteiger partial charge in [-0.1, -0.05) is 12.1 Å². The van der Waals surface area contributed by atoms with Gasteiger partial charge in [-0.05, 0) is 49.7 Å². The fourth-order valence-corrected chi connectivity index (χ4v) is 4.13. The van der Waals surface area contributed by atoms with E-state index in [4.69, 9.17) is 18.7 Å². The van der Waals surface area contributed by atoms with Crippen molar-refractivity contribution in [3.05, 3.63) is 53.9 Å². The van der Waals surface area contributed by atoms with Crippen LogP contribution in [0.15, 0.2) is 51.9 Å². The Kier molecular flexibility index (Phi) is 7.67. The minimum Gasteiger partial charge on any atom is -0.497 e. The van der Waals surface area contributed by atoms with Crippen molar-refractivity contribution in [2.45, 2.75) is 37.8 Å². The number of esters is 1. The molecule has 0 aliphatic rings. The normalized spacial score (nSPS) is 12.2. The fourth-order valence-electron chi connectivity index (χ4n) is 2.80. The molecule has 0 radical (unpaired) electrons. The van der Waals surface area contributed by atoms with Crippen LogP contribution in [-0.2, 0) is 21.4 Å².